The van der Waals surface area contributed by atoms with Gasteiger partial charge in [0.25, 0.3) is 0 Å². The summed E-state index contributed by atoms with van der Waals surface area (Å²) in [6, 6.07) is 36.5. The molecule has 0 heterocycles. The molecule has 93 heavy (non-hydrogen) atoms. The lowest BCUT2D eigenvalue weighted by molar-refractivity contribution is 0.507. The zero-order chi connectivity index (χ0) is 71.6. The fourth-order valence-electron chi connectivity index (χ4n) is 10.7. The molecule has 0 saturated carbocycles. The van der Waals surface area contributed by atoms with Crippen molar-refractivity contribution in [3.63, 3.8) is 0 Å². The van der Waals surface area contributed by atoms with E-state index in [2.05, 4.69) is 283 Å². The maximum atomic E-state index is 4.85. The quantitative estimate of drug-likeness (QED) is 0.0729. The molecule has 0 aliphatic heterocycles. The molecule has 1 nitrogen and oxygen atoms in total. The molecule has 0 unspecified atom stereocenters. The molecule has 1 N–H and O–H groups in total. The molecule has 1 aliphatic carbocycles. The third-order valence-corrected chi connectivity index (χ3v) is 15.1. The summed E-state index contributed by atoms with van der Waals surface area (Å²) in [7, 11) is 2.04. The average Bonchev–Trinajstić information content (AvgIpc) is 1.00. The van der Waals surface area contributed by atoms with Crippen LogP contribution in [0.2, 0.25) is 0 Å². The summed E-state index contributed by atoms with van der Waals surface area (Å²) in [6.45, 7) is 68.8. The first-order chi connectivity index (χ1) is 44.8. The van der Waals surface area contributed by atoms with E-state index in [0.717, 1.165) is 43.4 Å². The number of rotatable bonds is 19. The number of nitrogens with one attached hydrogen (secondary N) is 1. The first kappa shape index (κ1) is 93.4. The van der Waals surface area contributed by atoms with Crippen molar-refractivity contribution in [2.24, 2.45) is 5.41 Å². The molecule has 0 atom stereocenters. The molecule has 0 amide bonds. The third-order valence-electron chi connectivity index (χ3n) is 15.1. The highest BCUT2D eigenvalue weighted by atomic mass is 14.8. The van der Waals surface area contributed by atoms with Crippen molar-refractivity contribution in [1.82, 2.24) is 5.32 Å². The van der Waals surface area contributed by atoms with E-state index in [4.69, 9.17) is 13.2 Å². The van der Waals surface area contributed by atoms with E-state index in [-0.39, 0.29) is 5.41 Å². The van der Waals surface area contributed by atoms with Gasteiger partial charge >= 0.3 is 0 Å². The maximum Gasteiger partial charge on any atom is -0.00519 e. The largest absolute Gasteiger partial charge is 0.320 e. The minimum Gasteiger partial charge on any atom is -0.320 e. The lowest BCUT2D eigenvalue weighted by Gasteiger charge is -2.30. The van der Waals surface area contributed by atoms with Crippen LogP contribution in [0.5, 0.6) is 0 Å². The van der Waals surface area contributed by atoms with Crippen molar-refractivity contribution in [3.8, 4) is 0 Å². The van der Waals surface area contributed by atoms with Crippen LogP contribution in [0.15, 0.2) is 205 Å². The Kier molecular flexibility index (Phi) is 61.1. The topological polar surface area (TPSA) is 12.0 Å². The van der Waals surface area contributed by atoms with Crippen LogP contribution in [-0.4, -0.2) is 13.6 Å². The van der Waals surface area contributed by atoms with Crippen LogP contribution in [0, 0.1) is 19.3 Å². The molecule has 1 heteroatoms. The Bertz CT molecular complexity index is 2820. The van der Waals surface area contributed by atoms with Gasteiger partial charge in [0.05, 0.1) is 0 Å². The van der Waals surface area contributed by atoms with Crippen LogP contribution >= 0.6 is 0 Å². The number of hydrogen-bond donors (Lipinski definition) is 1. The van der Waals surface area contributed by atoms with Gasteiger partial charge in [-0.05, 0) is 202 Å². The van der Waals surface area contributed by atoms with Gasteiger partial charge in [0, 0.05) is 0 Å². The molecule has 0 fully saturated rings. The van der Waals surface area contributed by atoms with Gasteiger partial charge in [0.15, 0.2) is 0 Å². The summed E-state index contributed by atoms with van der Waals surface area (Å²) < 4.78 is 0. The lowest BCUT2D eigenvalue weighted by Crippen LogP contribution is -2.15. The molecule has 0 bridgehead atoms. The molecular weight excluding hydrogens is 1120 g/mol. The third kappa shape index (κ3) is 40.1. The minimum atomic E-state index is -0.194. The van der Waals surface area contributed by atoms with E-state index in [1.807, 2.05) is 48.6 Å². The molecule has 1 aliphatic rings. The summed E-state index contributed by atoms with van der Waals surface area (Å²) >= 11 is 0. The standard InChI is InChI=1S/C71H91N.C4H10.3C3H8.3C2H6.C2H4/c1-14-15-16-17-18-21-33-61-35-27-38-64(50-61)67-54(4)31-26-32-55(5)68(65-39-28-36-62(51-65)34-22-19-20-23-47-72-13)58(8)43-44-60(10)70(66-40-25-30-53(3)49-66)71(11,12)46-45-59(9)69(57(7)42-41-56(67)6)63-37-24-29-52(2)48-63;1-3-4-2;3*1-3-2;4*1-2/h24-31,35-45,48-51,72H,6,8,14-23,32-34,46-47H2,1-5,7,9-13H3;3-4H2,1-2H3;3*3H2,1-2H3;3*1-2H3;1-2H2/b31-26-,42-41-,44-43-,59-45+,67-54-,68-55-,69-57-,70-60+;;;;;;;;. The highest BCUT2D eigenvalue weighted by molar-refractivity contribution is 5.87. The highest BCUT2D eigenvalue weighted by Crippen LogP contribution is 2.43. The van der Waals surface area contributed by atoms with E-state index < -0.39 is 0 Å². The molecule has 5 rings (SSSR count). The Morgan fingerprint density at radius 1 is 0.419 bits per heavy atom. The summed E-state index contributed by atoms with van der Waals surface area (Å²) in [5.41, 5.74) is 23.4. The van der Waals surface area contributed by atoms with Crippen molar-refractivity contribution < 1.29 is 0 Å². The predicted molar refractivity (Wildman–Crippen MR) is 435 cm³/mol. The zero-order valence-electron chi connectivity index (χ0n) is 65.7. The number of benzene rings is 4. The van der Waals surface area contributed by atoms with E-state index >= 15 is 0 Å². The van der Waals surface area contributed by atoms with Crippen molar-refractivity contribution in [3.05, 3.63) is 249 Å². The van der Waals surface area contributed by atoms with Crippen LogP contribution in [0.4, 0.5) is 0 Å². The van der Waals surface area contributed by atoms with E-state index in [1.54, 1.807) is 0 Å². The molecule has 0 spiro atoms. The minimum absolute atomic E-state index is 0.194. The number of hydrogen-bond acceptors (Lipinski definition) is 1. The van der Waals surface area contributed by atoms with Gasteiger partial charge in [-0.15, -0.1) is 13.2 Å². The number of allylic oxidation sites excluding steroid dienone is 18. The highest BCUT2D eigenvalue weighted by Gasteiger charge is 2.26. The predicted octanol–water partition coefficient (Wildman–Crippen LogP) is 30.2. The Balaban J connectivity index is -0.00000167. The number of unbranched alkanes of at least 4 members (excludes halogenated alkanes) is 9. The van der Waals surface area contributed by atoms with Crippen LogP contribution in [-0.2, 0) is 12.8 Å². The van der Waals surface area contributed by atoms with Gasteiger partial charge in [0.1, 0.15) is 0 Å². The first-order valence-corrected chi connectivity index (χ1v) is 37.2. The monoisotopic (exact) mass is 1270 g/mol. The summed E-state index contributed by atoms with van der Waals surface area (Å²) in [6.07, 6.45) is 39.3. The normalized spacial score (nSPS) is 18.0. The zero-order valence-corrected chi connectivity index (χ0v) is 65.7. The molecule has 4 aromatic carbocycles. The fraction of sp³-hybridized carbons (Fsp3) is 0.500. The molecule has 0 radical (unpaired) electrons. The first-order valence-electron chi connectivity index (χ1n) is 37.2. The number of aryl methyl sites for hydroxylation is 4. The van der Waals surface area contributed by atoms with Crippen LogP contribution in [0.25, 0.3) is 22.3 Å². The maximum absolute atomic E-state index is 4.85. The summed E-state index contributed by atoms with van der Waals surface area (Å²) in [5.74, 6) is 0. The Morgan fingerprint density at radius 3 is 1.27 bits per heavy atom. The molecule has 4 aromatic rings. The van der Waals surface area contributed by atoms with Crippen LogP contribution in [0.1, 0.15) is 306 Å². The molecular formula is C92H147N. The van der Waals surface area contributed by atoms with Gasteiger partial charge in [0.2, 0.25) is 0 Å². The van der Waals surface area contributed by atoms with E-state index in [0.29, 0.717) is 0 Å². The SMILES string of the molecule is C=C.C=C1\C=C/C(C)=C(c2cccc(C)c2)/C(C)=C/CC(C)(C)/C(c2cccc(C)c2)=C(C)/C=C\C(=C)/C(c2cccc(CCCCCCNC)c2)=C(\C)C/C=C\C(C)=C\1c1cccc(CCCCCCCC)c1.CC.CC.CC.CCC.CCC.CCC.CCCC. The summed E-state index contributed by atoms with van der Waals surface area (Å²) in [4.78, 5) is 0. The Labute approximate surface area is 580 Å². The van der Waals surface area contributed by atoms with Crippen molar-refractivity contribution in [1.29, 1.82) is 0 Å². The van der Waals surface area contributed by atoms with Gasteiger partial charge in [-0.25, -0.2) is 0 Å². The molecule has 520 valence electrons. The average molecular weight is 1270 g/mol. The molecule has 0 aromatic heterocycles. The van der Waals surface area contributed by atoms with Gasteiger partial charge in [-0.2, -0.15) is 0 Å². The van der Waals surface area contributed by atoms with Crippen LogP contribution < -0.4 is 5.32 Å². The van der Waals surface area contributed by atoms with Crippen molar-refractivity contribution in [2.75, 3.05) is 13.6 Å². The van der Waals surface area contributed by atoms with Crippen molar-refractivity contribution in [2.45, 2.75) is 288 Å². The Morgan fingerprint density at radius 2 is 0.806 bits per heavy atom. The fourth-order valence-corrected chi connectivity index (χ4v) is 10.7. The summed E-state index contributed by atoms with van der Waals surface area (Å²) in [5, 5.41) is 3.30. The van der Waals surface area contributed by atoms with E-state index in [9.17, 15) is 0 Å². The van der Waals surface area contributed by atoms with Crippen LogP contribution in [0.3, 0.4) is 0 Å². The van der Waals surface area contributed by atoms with Gasteiger partial charge in [-0.3, -0.25) is 0 Å². The lowest BCUT2D eigenvalue weighted by atomic mass is 9.74. The van der Waals surface area contributed by atoms with Gasteiger partial charge in [-0.1, -0.05) is 364 Å². The second kappa shape index (κ2) is 60.9. The van der Waals surface area contributed by atoms with E-state index in [1.165, 1.54) is 191 Å². The Hall–Kier alpha value is -6.02. The van der Waals surface area contributed by atoms with Gasteiger partial charge < -0.3 is 5.32 Å². The molecule has 0 saturated heterocycles. The van der Waals surface area contributed by atoms with Crippen molar-refractivity contribution >= 4 is 22.3 Å². The smallest absolute Gasteiger partial charge is 0.00519 e. The second-order valence-electron chi connectivity index (χ2n) is 24.7. The second-order valence-corrected chi connectivity index (χ2v) is 24.7.